The summed E-state index contributed by atoms with van der Waals surface area (Å²) in [4.78, 5) is -0.0606. The molecule has 1 aromatic carbocycles. The van der Waals surface area contributed by atoms with Crippen molar-refractivity contribution in [1.29, 1.82) is 0 Å². The van der Waals surface area contributed by atoms with Crippen LogP contribution in [0.4, 0.5) is 4.39 Å². The number of aliphatic hydroxyl groups is 1. The van der Waals surface area contributed by atoms with Gasteiger partial charge in [-0.25, -0.2) is 17.5 Å². The molecular formula is C9H11BrFNO3S. The van der Waals surface area contributed by atoms with E-state index in [1.807, 2.05) is 0 Å². The van der Waals surface area contributed by atoms with E-state index in [2.05, 4.69) is 20.7 Å². The number of sulfonamides is 1. The Kier molecular flexibility index (Phi) is 4.43. The number of hydrogen-bond donors (Lipinski definition) is 2. The third-order valence-electron chi connectivity index (χ3n) is 1.75. The molecule has 0 saturated heterocycles. The minimum atomic E-state index is -3.73. The molecule has 0 aliphatic heterocycles. The lowest BCUT2D eigenvalue weighted by Crippen LogP contribution is -2.30. The number of benzene rings is 1. The summed E-state index contributed by atoms with van der Waals surface area (Å²) < 4.78 is 38.5. The van der Waals surface area contributed by atoms with Crippen molar-refractivity contribution in [3.05, 3.63) is 28.5 Å². The molecule has 0 aliphatic carbocycles. The van der Waals surface area contributed by atoms with Gasteiger partial charge >= 0.3 is 0 Å². The highest BCUT2D eigenvalue weighted by molar-refractivity contribution is 9.10. The summed E-state index contributed by atoms with van der Waals surface area (Å²) >= 11 is 2.97. The highest BCUT2D eigenvalue weighted by Gasteiger charge is 2.18. The van der Waals surface area contributed by atoms with Gasteiger partial charge in [-0.3, -0.25) is 0 Å². The molecule has 7 heteroatoms. The smallest absolute Gasteiger partial charge is 0.241 e. The Morgan fingerprint density at radius 2 is 2.19 bits per heavy atom. The van der Waals surface area contributed by atoms with Crippen LogP contribution in [0.5, 0.6) is 0 Å². The summed E-state index contributed by atoms with van der Waals surface area (Å²) in [5, 5.41) is 8.98. The number of halogens is 2. The van der Waals surface area contributed by atoms with Crippen molar-refractivity contribution in [3.8, 4) is 0 Å². The standard InChI is InChI=1S/C9H11BrFNO3S/c1-6(13)5-12-16(14,15)9-3-2-7(11)4-8(9)10/h2-4,6,12-13H,5H2,1H3/t6-/m1/s1. The Morgan fingerprint density at radius 1 is 1.56 bits per heavy atom. The van der Waals surface area contributed by atoms with Crippen LogP contribution in [0.1, 0.15) is 6.92 Å². The molecule has 0 amide bonds. The monoisotopic (exact) mass is 311 g/mol. The van der Waals surface area contributed by atoms with Crippen molar-refractivity contribution in [2.75, 3.05) is 6.54 Å². The van der Waals surface area contributed by atoms with Crippen LogP contribution in [0.3, 0.4) is 0 Å². The van der Waals surface area contributed by atoms with E-state index in [-0.39, 0.29) is 15.9 Å². The first-order valence-electron chi connectivity index (χ1n) is 4.45. The molecule has 0 radical (unpaired) electrons. The summed E-state index contributed by atoms with van der Waals surface area (Å²) in [6.07, 6.45) is -0.783. The minimum Gasteiger partial charge on any atom is -0.392 e. The van der Waals surface area contributed by atoms with Crippen molar-refractivity contribution in [2.24, 2.45) is 0 Å². The van der Waals surface area contributed by atoms with Gasteiger partial charge in [0.1, 0.15) is 5.82 Å². The summed E-state index contributed by atoms with van der Waals surface area (Å²) in [5.41, 5.74) is 0. The molecule has 0 saturated carbocycles. The highest BCUT2D eigenvalue weighted by atomic mass is 79.9. The average molecular weight is 312 g/mol. The summed E-state index contributed by atoms with van der Waals surface area (Å²) in [5.74, 6) is -0.527. The number of nitrogens with one attached hydrogen (secondary N) is 1. The van der Waals surface area contributed by atoms with Crippen LogP contribution in [-0.2, 0) is 10.0 Å². The molecule has 0 heterocycles. The van der Waals surface area contributed by atoms with Gasteiger partial charge in [0.15, 0.2) is 0 Å². The zero-order valence-corrected chi connectivity index (χ0v) is 10.8. The first kappa shape index (κ1) is 13.6. The molecular weight excluding hydrogens is 301 g/mol. The van der Waals surface area contributed by atoms with Crippen molar-refractivity contribution in [2.45, 2.75) is 17.9 Å². The van der Waals surface area contributed by atoms with Crippen molar-refractivity contribution < 1.29 is 17.9 Å². The molecule has 90 valence electrons. The van der Waals surface area contributed by atoms with E-state index < -0.39 is 21.9 Å². The first-order valence-corrected chi connectivity index (χ1v) is 6.73. The lowest BCUT2D eigenvalue weighted by atomic mass is 10.3. The Labute approximate surface area is 102 Å². The van der Waals surface area contributed by atoms with Gasteiger partial charge < -0.3 is 5.11 Å². The van der Waals surface area contributed by atoms with E-state index in [1.54, 1.807) is 0 Å². The van der Waals surface area contributed by atoms with Gasteiger partial charge in [-0.15, -0.1) is 0 Å². The van der Waals surface area contributed by atoms with Crippen molar-refractivity contribution >= 4 is 26.0 Å². The molecule has 0 bridgehead atoms. The molecule has 0 unspecified atom stereocenters. The Bertz CT molecular complexity index is 476. The third kappa shape index (κ3) is 3.51. The molecule has 0 aliphatic rings. The van der Waals surface area contributed by atoms with E-state index >= 15 is 0 Å². The summed E-state index contributed by atoms with van der Waals surface area (Å²) in [6, 6.07) is 3.28. The maximum Gasteiger partial charge on any atom is 0.241 e. The van der Waals surface area contributed by atoms with Gasteiger partial charge in [0, 0.05) is 11.0 Å². The van der Waals surface area contributed by atoms with E-state index in [1.165, 1.54) is 6.92 Å². The van der Waals surface area contributed by atoms with Gasteiger partial charge in [0.25, 0.3) is 0 Å². The van der Waals surface area contributed by atoms with E-state index in [4.69, 9.17) is 5.11 Å². The average Bonchev–Trinajstić information content (AvgIpc) is 2.14. The lowest BCUT2D eigenvalue weighted by molar-refractivity contribution is 0.198. The predicted octanol–water partition coefficient (Wildman–Crippen LogP) is 1.25. The van der Waals surface area contributed by atoms with Crippen molar-refractivity contribution in [3.63, 3.8) is 0 Å². The molecule has 16 heavy (non-hydrogen) atoms. The van der Waals surface area contributed by atoms with E-state index in [0.717, 1.165) is 18.2 Å². The quantitative estimate of drug-likeness (QED) is 0.879. The van der Waals surface area contributed by atoms with Crippen LogP contribution in [0.2, 0.25) is 0 Å². The van der Waals surface area contributed by atoms with Crippen LogP contribution in [0.15, 0.2) is 27.6 Å². The number of aliphatic hydroxyl groups excluding tert-OH is 1. The van der Waals surface area contributed by atoms with Crippen LogP contribution < -0.4 is 4.72 Å². The first-order chi connectivity index (χ1) is 7.33. The fraction of sp³-hybridized carbons (Fsp3) is 0.333. The van der Waals surface area contributed by atoms with Gasteiger partial charge in [-0.2, -0.15) is 0 Å². The molecule has 1 rings (SSSR count). The topological polar surface area (TPSA) is 66.4 Å². The maximum absolute atomic E-state index is 12.8. The second-order valence-electron chi connectivity index (χ2n) is 3.28. The highest BCUT2D eigenvalue weighted by Crippen LogP contribution is 2.22. The summed E-state index contributed by atoms with van der Waals surface area (Å²) in [6.45, 7) is 1.37. The molecule has 0 spiro atoms. The fourth-order valence-corrected chi connectivity index (χ4v) is 3.17. The maximum atomic E-state index is 12.8. The van der Waals surface area contributed by atoms with Crippen LogP contribution in [0.25, 0.3) is 0 Å². The zero-order chi connectivity index (χ0) is 12.3. The molecule has 1 atom stereocenters. The second-order valence-corrected chi connectivity index (χ2v) is 5.87. The van der Waals surface area contributed by atoms with Gasteiger partial charge in [-0.05, 0) is 41.1 Å². The Morgan fingerprint density at radius 3 is 2.69 bits per heavy atom. The molecule has 0 aromatic heterocycles. The van der Waals surface area contributed by atoms with E-state index in [0.29, 0.717) is 0 Å². The van der Waals surface area contributed by atoms with E-state index in [9.17, 15) is 12.8 Å². The van der Waals surface area contributed by atoms with Gasteiger partial charge in [0.2, 0.25) is 10.0 Å². The Hall–Kier alpha value is -0.500. The third-order valence-corrected chi connectivity index (χ3v) is 4.15. The van der Waals surface area contributed by atoms with Crippen LogP contribution in [-0.4, -0.2) is 26.2 Å². The number of rotatable bonds is 4. The van der Waals surface area contributed by atoms with Crippen molar-refractivity contribution in [1.82, 2.24) is 4.72 Å². The lowest BCUT2D eigenvalue weighted by Gasteiger charge is -2.09. The Balaban J connectivity index is 2.99. The molecule has 4 nitrogen and oxygen atoms in total. The zero-order valence-electron chi connectivity index (χ0n) is 8.44. The molecule has 2 N–H and O–H groups in total. The predicted molar refractivity (Wildman–Crippen MR) is 61.0 cm³/mol. The van der Waals surface area contributed by atoms with Crippen LogP contribution >= 0.6 is 15.9 Å². The second kappa shape index (κ2) is 5.22. The molecule has 1 aromatic rings. The van der Waals surface area contributed by atoms with Crippen LogP contribution in [0, 0.1) is 5.82 Å². The fourth-order valence-electron chi connectivity index (χ4n) is 1.00. The van der Waals surface area contributed by atoms with Gasteiger partial charge in [0.05, 0.1) is 11.0 Å². The largest absolute Gasteiger partial charge is 0.392 e. The SMILES string of the molecule is C[C@@H](O)CNS(=O)(=O)c1ccc(F)cc1Br. The number of hydrogen-bond acceptors (Lipinski definition) is 3. The normalized spacial score (nSPS) is 13.8. The minimum absolute atomic E-state index is 0.0606. The van der Waals surface area contributed by atoms with Gasteiger partial charge in [-0.1, -0.05) is 0 Å². The molecule has 0 fully saturated rings. The summed E-state index contributed by atoms with van der Waals surface area (Å²) in [7, 11) is -3.73.